The zero-order chi connectivity index (χ0) is 12.4. The monoisotopic (exact) mass is 231 g/mol. The second-order valence-corrected chi connectivity index (χ2v) is 3.83. The molecule has 0 spiro atoms. The Hall–Kier alpha value is -1.94. The molecule has 17 heavy (non-hydrogen) atoms. The number of aromatic carboxylic acids is 1. The molecule has 1 aromatic carbocycles. The average molecular weight is 231 g/mol. The summed E-state index contributed by atoms with van der Waals surface area (Å²) in [6.07, 6.45) is -0.0708. The molecular weight excluding hydrogens is 218 g/mol. The number of rotatable bonds is 3. The Morgan fingerprint density at radius 3 is 2.76 bits per heavy atom. The van der Waals surface area contributed by atoms with E-state index in [2.05, 4.69) is 4.98 Å². The van der Waals surface area contributed by atoms with Crippen LogP contribution in [0.1, 0.15) is 29.1 Å². The van der Waals surface area contributed by atoms with Gasteiger partial charge in [0.1, 0.15) is 0 Å². The normalized spacial score (nSPS) is 12.6. The second kappa shape index (κ2) is 4.51. The average Bonchev–Trinajstić information content (AvgIpc) is 2.36. The first kappa shape index (κ1) is 11.5. The van der Waals surface area contributed by atoms with Crippen LogP contribution in [-0.4, -0.2) is 23.2 Å². The highest BCUT2D eigenvalue weighted by atomic mass is 16.5. The smallest absolute Gasteiger partial charge is 0.335 e. The Labute approximate surface area is 98.9 Å². The number of aromatic nitrogens is 1. The van der Waals surface area contributed by atoms with Gasteiger partial charge < -0.3 is 9.84 Å². The van der Waals surface area contributed by atoms with Crippen molar-refractivity contribution in [1.29, 1.82) is 0 Å². The molecule has 0 fully saturated rings. The minimum atomic E-state index is -0.929. The van der Waals surface area contributed by atoms with Gasteiger partial charge in [-0.15, -0.1) is 0 Å². The second-order valence-electron chi connectivity index (χ2n) is 3.83. The van der Waals surface area contributed by atoms with Gasteiger partial charge in [0, 0.05) is 12.5 Å². The summed E-state index contributed by atoms with van der Waals surface area (Å²) in [6.45, 7) is 1.92. The van der Waals surface area contributed by atoms with Gasteiger partial charge in [-0.05, 0) is 31.2 Å². The number of carbonyl (C=O) groups is 1. The van der Waals surface area contributed by atoms with E-state index >= 15 is 0 Å². The van der Waals surface area contributed by atoms with E-state index in [4.69, 9.17) is 9.84 Å². The molecule has 1 N–H and O–H groups in total. The van der Waals surface area contributed by atoms with Crippen LogP contribution in [0.15, 0.2) is 30.3 Å². The maximum atomic E-state index is 10.8. The molecule has 1 heterocycles. The number of carboxylic acids is 1. The molecular formula is C13H13NO3. The Morgan fingerprint density at radius 2 is 2.12 bits per heavy atom. The quantitative estimate of drug-likeness (QED) is 0.882. The van der Waals surface area contributed by atoms with Crippen molar-refractivity contribution >= 4 is 16.9 Å². The summed E-state index contributed by atoms with van der Waals surface area (Å²) >= 11 is 0. The predicted octanol–water partition coefficient (Wildman–Crippen LogP) is 2.64. The molecule has 1 aromatic heterocycles. The van der Waals surface area contributed by atoms with Crippen LogP contribution in [0.3, 0.4) is 0 Å². The van der Waals surface area contributed by atoms with Crippen LogP contribution in [0, 0.1) is 0 Å². The van der Waals surface area contributed by atoms with Crippen LogP contribution >= 0.6 is 0 Å². The van der Waals surface area contributed by atoms with Gasteiger partial charge in [-0.2, -0.15) is 0 Å². The van der Waals surface area contributed by atoms with Crippen LogP contribution < -0.4 is 0 Å². The summed E-state index contributed by atoms with van der Waals surface area (Å²) in [5.41, 5.74) is 1.88. The lowest BCUT2D eigenvalue weighted by molar-refractivity contribution is 0.0697. The number of hydrogen-bond donors (Lipinski definition) is 1. The highest BCUT2D eigenvalue weighted by molar-refractivity contribution is 5.93. The van der Waals surface area contributed by atoms with Crippen LogP contribution in [0.25, 0.3) is 10.9 Å². The lowest BCUT2D eigenvalue weighted by atomic mass is 10.1. The molecule has 0 aliphatic rings. The summed E-state index contributed by atoms with van der Waals surface area (Å²) in [7, 11) is 1.63. The zero-order valence-corrected chi connectivity index (χ0v) is 9.68. The molecule has 2 rings (SSSR count). The first-order valence-corrected chi connectivity index (χ1v) is 5.28. The molecule has 1 unspecified atom stereocenters. The summed E-state index contributed by atoms with van der Waals surface area (Å²) in [4.78, 5) is 15.3. The van der Waals surface area contributed by atoms with E-state index in [-0.39, 0.29) is 11.7 Å². The topological polar surface area (TPSA) is 59.4 Å². The van der Waals surface area contributed by atoms with Gasteiger partial charge >= 0.3 is 5.97 Å². The molecule has 0 aliphatic carbocycles. The Kier molecular flexibility index (Phi) is 3.06. The van der Waals surface area contributed by atoms with Crippen molar-refractivity contribution in [3.63, 3.8) is 0 Å². The highest BCUT2D eigenvalue weighted by Gasteiger charge is 2.08. The number of benzene rings is 1. The van der Waals surface area contributed by atoms with E-state index in [0.717, 1.165) is 16.6 Å². The third-order valence-electron chi connectivity index (χ3n) is 2.73. The van der Waals surface area contributed by atoms with Gasteiger partial charge in [0.2, 0.25) is 0 Å². The Bertz CT molecular complexity index is 566. The largest absolute Gasteiger partial charge is 0.478 e. The SMILES string of the molecule is COC(C)c1ccc2cc(C(=O)O)ccc2n1. The minimum absolute atomic E-state index is 0.0708. The summed E-state index contributed by atoms with van der Waals surface area (Å²) in [5.74, 6) is -0.929. The zero-order valence-electron chi connectivity index (χ0n) is 9.68. The lowest BCUT2D eigenvalue weighted by Gasteiger charge is -2.09. The van der Waals surface area contributed by atoms with E-state index in [1.165, 1.54) is 0 Å². The van der Waals surface area contributed by atoms with Crippen molar-refractivity contribution in [1.82, 2.24) is 4.98 Å². The first-order chi connectivity index (χ1) is 8.11. The molecule has 0 radical (unpaired) electrons. The van der Waals surface area contributed by atoms with Crippen molar-refractivity contribution in [3.05, 3.63) is 41.6 Å². The molecule has 2 aromatic rings. The molecule has 0 saturated heterocycles. The maximum absolute atomic E-state index is 10.8. The molecule has 4 nitrogen and oxygen atoms in total. The lowest BCUT2D eigenvalue weighted by Crippen LogP contribution is -2.00. The number of methoxy groups -OCH3 is 1. The van der Waals surface area contributed by atoms with Crippen molar-refractivity contribution in [2.24, 2.45) is 0 Å². The van der Waals surface area contributed by atoms with Gasteiger partial charge in [-0.3, -0.25) is 4.98 Å². The number of ether oxygens (including phenoxy) is 1. The van der Waals surface area contributed by atoms with Crippen molar-refractivity contribution < 1.29 is 14.6 Å². The predicted molar refractivity (Wildman–Crippen MR) is 64.1 cm³/mol. The van der Waals surface area contributed by atoms with Crippen molar-refractivity contribution in [2.75, 3.05) is 7.11 Å². The highest BCUT2D eigenvalue weighted by Crippen LogP contribution is 2.19. The van der Waals surface area contributed by atoms with Crippen molar-refractivity contribution in [3.8, 4) is 0 Å². The van der Waals surface area contributed by atoms with Crippen molar-refractivity contribution in [2.45, 2.75) is 13.0 Å². The van der Waals surface area contributed by atoms with E-state index in [1.54, 1.807) is 25.3 Å². The van der Waals surface area contributed by atoms with Gasteiger partial charge in [-0.25, -0.2) is 4.79 Å². The molecule has 88 valence electrons. The minimum Gasteiger partial charge on any atom is -0.478 e. The third-order valence-corrected chi connectivity index (χ3v) is 2.73. The molecule has 0 amide bonds. The van der Waals surface area contributed by atoms with Crippen LogP contribution in [0.2, 0.25) is 0 Å². The van der Waals surface area contributed by atoms with Gasteiger partial charge in [0.15, 0.2) is 0 Å². The van der Waals surface area contributed by atoms with E-state index in [0.29, 0.717) is 0 Å². The maximum Gasteiger partial charge on any atom is 0.335 e. The summed E-state index contributed by atoms with van der Waals surface area (Å²) in [6, 6.07) is 8.59. The summed E-state index contributed by atoms with van der Waals surface area (Å²) < 4.78 is 5.19. The fraction of sp³-hybridized carbons (Fsp3) is 0.231. The standard InChI is InChI=1S/C13H13NO3/c1-8(17-2)11-5-3-9-7-10(13(15)16)4-6-12(9)14-11/h3-8H,1-2H3,(H,15,16). The van der Waals surface area contributed by atoms with Crippen LogP contribution in [-0.2, 0) is 4.74 Å². The number of nitrogens with zero attached hydrogens (tertiary/aromatic N) is 1. The Morgan fingerprint density at radius 1 is 1.35 bits per heavy atom. The fourth-order valence-electron chi connectivity index (χ4n) is 1.62. The van der Waals surface area contributed by atoms with Gasteiger partial charge in [-0.1, -0.05) is 6.07 Å². The number of fused-ring (bicyclic) bond motifs is 1. The first-order valence-electron chi connectivity index (χ1n) is 5.28. The molecule has 0 aliphatic heterocycles. The molecule has 1 atom stereocenters. The van der Waals surface area contributed by atoms with E-state index in [9.17, 15) is 4.79 Å². The number of carboxylic acid groups (broad SMARTS) is 1. The molecule has 0 bridgehead atoms. The summed E-state index contributed by atoms with van der Waals surface area (Å²) in [5, 5.41) is 9.70. The molecule has 0 saturated carbocycles. The van der Waals surface area contributed by atoms with Gasteiger partial charge in [0.05, 0.1) is 22.9 Å². The van der Waals surface area contributed by atoms with E-state index in [1.807, 2.05) is 19.1 Å². The van der Waals surface area contributed by atoms with Gasteiger partial charge in [0.25, 0.3) is 0 Å². The number of pyridine rings is 1. The van der Waals surface area contributed by atoms with Crippen LogP contribution in [0.5, 0.6) is 0 Å². The fourth-order valence-corrected chi connectivity index (χ4v) is 1.62. The van der Waals surface area contributed by atoms with Crippen LogP contribution in [0.4, 0.5) is 0 Å². The third kappa shape index (κ3) is 2.26. The number of hydrogen-bond acceptors (Lipinski definition) is 3. The Balaban J connectivity index is 2.50. The molecule has 4 heteroatoms. The van der Waals surface area contributed by atoms with E-state index < -0.39 is 5.97 Å².